The molecule has 0 aliphatic heterocycles. The zero-order valence-corrected chi connectivity index (χ0v) is 26.7. The van der Waals surface area contributed by atoms with E-state index in [-0.39, 0.29) is 0 Å². The fourth-order valence-corrected chi connectivity index (χ4v) is 6.88. The molecule has 0 saturated heterocycles. The molecule has 234 valence electrons. The lowest BCUT2D eigenvalue weighted by Crippen LogP contribution is -2.00. The van der Waals surface area contributed by atoms with Crippen LogP contribution in [0.25, 0.3) is 100 Å². The van der Waals surface area contributed by atoms with Crippen molar-refractivity contribution in [2.24, 2.45) is 0 Å². The van der Waals surface area contributed by atoms with Gasteiger partial charge >= 0.3 is 0 Å². The summed E-state index contributed by atoms with van der Waals surface area (Å²) in [6, 6.07) is 55.9. The average Bonchev–Trinajstić information content (AvgIpc) is 3.76. The number of benzene rings is 7. The lowest BCUT2D eigenvalue weighted by Gasteiger charge is -2.10. The van der Waals surface area contributed by atoms with Gasteiger partial charge in [0.2, 0.25) is 0 Å². The Morgan fingerprint density at radius 1 is 0.300 bits per heavy atom. The van der Waals surface area contributed by atoms with Crippen LogP contribution in [-0.2, 0) is 0 Å². The third kappa shape index (κ3) is 4.75. The van der Waals surface area contributed by atoms with Crippen LogP contribution in [0.15, 0.2) is 173 Å². The average molecular weight is 642 g/mol. The van der Waals surface area contributed by atoms with E-state index in [0.29, 0.717) is 17.5 Å². The predicted octanol–water partition coefficient (Wildman–Crippen LogP) is 12.0. The van der Waals surface area contributed by atoms with Gasteiger partial charge in [-0.1, -0.05) is 133 Å². The van der Waals surface area contributed by atoms with Gasteiger partial charge in [-0.25, -0.2) is 15.0 Å². The first-order valence-electron chi connectivity index (χ1n) is 16.6. The highest BCUT2D eigenvalue weighted by Crippen LogP contribution is 2.37. The molecule has 0 aliphatic carbocycles. The number of rotatable bonds is 5. The second kappa shape index (κ2) is 11.4. The number of furan rings is 2. The number of para-hydroxylation sites is 2. The van der Waals surface area contributed by atoms with E-state index >= 15 is 0 Å². The van der Waals surface area contributed by atoms with Gasteiger partial charge in [0.05, 0.1) is 0 Å². The summed E-state index contributed by atoms with van der Waals surface area (Å²) < 4.78 is 12.2. The van der Waals surface area contributed by atoms with Crippen LogP contribution >= 0.6 is 0 Å². The van der Waals surface area contributed by atoms with Crippen LogP contribution in [0.5, 0.6) is 0 Å². The molecule has 5 heteroatoms. The Bertz CT molecular complexity index is 2850. The summed E-state index contributed by atoms with van der Waals surface area (Å²) in [5.41, 5.74) is 10.8. The van der Waals surface area contributed by atoms with Crippen molar-refractivity contribution in [2.45, 2.75) is 0 Å². The van der Waals surface area contributed by atoms with Crippen molar-refractivity contribution in [3.63, 3.8) is 0 Å². The van der Waals surface area contributed by atoms with Gasteiger partial charge in [0.1, 0.15) is 22.3 Å². The van der Waals surface area contributed by atoms with Crippen molar-refractivity contribution in [3.05, 3.63) is 164 Å². The molecule has 10 rings (SSSR count). The first-order valence-corrected chi connectivity index (χ1v) is 16.6. The van der Waals surface area contributed by atoms with Crippen molar-refractivity contribution in [1.29, 1.82) is 0 Å². The largest absolute Gasteiger partial charge is 0.456 e. The molecular formula is C45H27N3O2. The number of hydrogen-bond donors (Lipinski definition) is 0. The number of hydrogen-bond acceptors (Lipinski definition) is 5. The maximum absolute atomic E-state index is 6.19. The minimum Gasteiger partial charge on any atom is -0.456 e. The summed E-state index contributed by atoms with van der Waals surface area (Å²) in [5.74, 6) is 1.84. The molecule has 0 aliphatic rings. The van der Waals surface area contributed by atoms with Crippen molar-refractivity contribution >= 4 is 43.9 Å². The fraction of sp³-hybridized carbons (Fsp3) is 0. The molecule has 0 spiro atoms. The zero-order chi connectivity index (χ0) is 33.0. The summed E-state index contributed by atoms with van der Waals surface area (Å²) in [7, 11) is 0. The smallest absolute Gasteiger partial charge is 0.164 e. The van der Waals surface area contributed by atoms with E-state index in [1.807, 2.05) is 72.8 Å². The van der Waals surface area contributed by atoms with Gasteiger partial charge in [-0.15, -0.1) is 0 Å². The first kappa shape index (κ1) is 28.2. The quantitative estimate of drug-likeness (QED) is 0.187. The topological polar surface area (TPSA) is 65.0 Å². The summed E-state index contributed by atoms with van der Waals surface area (Å²) in [5, 5.41) is 4.29. The summed E-state index contributed by atoms with van der Waals surface area (Å²) in [6.45, 7) is 0. The van der Waals surface area contributed by atoms with E-state index < -0.39 is 0 Å². The Morgan fingerprint density at radius 2 is 0.780 bits per heavy atom. The SMILES string of the molecule is c1ccc(-c2nc(-c3ccc(-c4ccc(-c5ccc6oc7ccccc7c6c5)cc4)cc3)nc(-c3cccc4oc5ccccc5c34)n2)cc1. The van der Waals surface area contributed by atoms with Crippen LogP contribution in [0.2, 0.25) is 0 Å². The second-order valence-electron chi connectivity index (χ2n) is 12.4. The Balaban J connectivity index is 1.01. The van der Waals surface area contributed by atoms with Crippen LogP contribution in [0.1, 0.15) is 0 Å². The Kier molecular flexibility index (Phi) is 6.42. The molecule has 7 aromatic carbocycles. The van der Waals surface area contributed by atoms with Gasteiger partial charge in [0, 0.05) is 38.2 Å². The number of fused-ring (bicyclic) bond motifs is 6. The fourth-order valence-electron chi connectivity index (χ4n) is 6.88. The maximum atomic E-state index is 6.19. The highest BCUT2D eigenvalue weighted by molar-refractivity contribution is 6.12. The van der Waals surface area contributed by atoms with E-state index in [9.17, 15) is 0 Å². The Hall–Kier alpha value is -6.85. The van der Waals surface area contributed by atoms with E-state index in [1.165, 1.54) is 0 Å². The molecule has 0 N–H and O–H groups in total. The summed E-state index contributed by atoms with van der Waals surface area (Å²) in [4.78, 5) is 15.0. The van der Waals surface area contributed by atoms with Crippen LogP contribution in [0.4, 0.5) is 0 Å². The van der Waals surface area contributed by atoms with Crippen molar-refractivity contribution < 1.29 is 8.83 Å². The van der Waals surface area contributed by atoms with Gasteiger partial charge in [-0.05, 0) is 52.6 Å². The van der Waals surface area contributed by atoms with Gasteiger partial charge < -0.3 is 8.83 Å². The molecule has 0 bridgehead atoms. The molecule has 3 aromatic heterocycles. The maximum Gasteiger partial charge on any atom is 0.164 e. The van der Waals surface area contributed by atoms with Crippen molar-refractivity contribution in [2.75, 3.05) is 0 Å². The molecule has 3 heterocycles. The van der Waals surface area contributed by atoms with Gasteiger partial charge in [-0.2, -0.15) is 0 Å². The first-order chi connectivity index (χ1) is 24.7. The lowest BCUT2D eigenvalue weighted by molar-refractivity contribution is 0.668. The predicted molar refractivity (Wildman–Crippen MR) is 202 cm³/mol. The van der Waals surface area contributed by atoms with E-state index in [2.05, 4.69) is 91.0 Å². The third-order valence-corrected chi connectivity index (χ3v) is 9.38. The second-order valence-corrected chi connectivity index (χ2v) is 12.4. The Labute approximate surface area is 287 Å². The molecule has 0 saturated carbocycles. The van der Waals surface area contributed by atoms with Crippen LogP contribution < -0.4 is 0 Å². The minimum absolute atomic E-state index is 0.604. The van der Waals surface area contributed by atoms with Crippen molar-refractivity contribution in [1.82, 2.24) is 15.0 Å². The van der Waals surface area contributed by atoms with Crippen molar-refractivity contribution in [3.8, 4) is 56.4 Å². The normalized spacial score (nSPS) is 11.6. The van der Waals surface area contributed by atoms with Crippen LogP contribution in [0, 0.1) is 0 Å². The molecule has 0 radical (unpaired) electrons. The van der Waals surface area contributed by atoms with E-state index in [0.717, 1.165) is 82.8 Å². The van der Waals surface area contributed by atoms with Crippen LogP contribution in [-0.4, -0.2) is 15.0 Å². The highest BCUT2D eigenvalue weighted by Gasteiger charge is 2.18. The standard InChI is InChI=1S/C45H27N3O2/c1-2-9-31(10-3-1)43-46-44(48-45(47-43)36-13-8-16-41-42(36)35-12-5-7-15-39(35)50-41)32-23-21-29(22-24-32)28-17-19-30(20-18-28)33-25-26-40-37(27-33)34-11-4-6-14-38(34)49-40/h1-27H. The summed E-state index contributed by atoms with van der Waals surface area (Å²) in [6.07, 6.45) is 0. The molecular weight excluding hydrogens is 615 g/mol. The molecule has 0 fully saturated rings. The number of aromatic nitrogens is 3. The Morgan fingerprint density at radius 3 is 1.50 bits per heavy atom. The van der Waals surface area contributed by atoms with E-state index in [4.69, 9.17) is 23.8 Å². The van der Waals surface area contributed by atoms with Crippen LogP contribution in [0.3, 0.4) is 0 Å². The van der Waals surface area contributed by atoms with Gasteiger partial charge in [0.25, 0.3) is 0 Å². The molecule has 0 unspecified atom stereocenters. The zero-order valence-electron chi connectivity index (χ0n) is 26.7. The molecule has 10 aromatic rings. The monoisotopic (exact) mass is 641 g/mol. The third-order valence-electron chi connectivity index (χ3n) is 9.38. The molecule has 0 amide bonds. The lowest BCUT2D eigenvalue weighted by atomic mass is 9.98. The van der Waals surface area contributed by atoms with Gasteiger partial charge in [-0.3, -0.25) is 0 Å². The molecule has 5 nitrogen and oxygen atoms in total. The molecule has 0 atom stereocenters. The van der Waals surface area contributed by atoms with Gasteiger partial charge in [0.15, 0.2) is 17.5 Å². The molecule has 50 heavy (non-hydrogen) atoms. The minimum atomic E-state index is 0.604. The van der Waals surface area contributed by atoms with E-state index in [1.54, 1.807) is 0 Å². The summed E-state index contributed by atoms with van der Waals surface area (Å²) >= 11 is 0. The number of nitrogens with zero attached hydrogens (tertiary/aromatic N) is 3. The highest BCUT2D eigenvalue weighted by atomic mass is 16.3.